The number of hydrogen-bond acceptors (Lipinski definition) is 2. The number of fused-ring (bicyclic) bond motifs is 1. The van der Waals surface area contributed by atoms with Crippen molar-refractivity contribution in [3.63, 3.8) is 0 Å². The minimum Gasteiger partial charge on any atom is -0.508 e. The molecule has 0 fully saturated rings. The molecular formula is C24H27NO. The molecule has 2 nitrogen and oxygen atoms in total. The summed E-state index contributed by atoms with van der Waals surface area (Å²) in [5.41, 5.74) is 7.01. The molecule has 0 unspecified atom stereocenters. The van der Waals surface area contributed by atoms with Crippen LogP contribution in [-0.2, 0) is 6.42 Å². The zero-order valence-corrected chi connectivity index (χ0v) is 16.1. The van der Waals surface area contributed by atoms with Crippen LogP contribution >= 0.6 is 0 Å². The highest BCUT2D eigenvalue weighted by Crippen LogP contribution is 2.28. The molecule has 3 aromatic rings. The van der Waals surface area contributed by atoms with Gasteiger partial charge in [-0.15, -0.1) is 0 Å². The monoisotopic (exact) mass is 345 g/mol. The topological polar surface area (TPSA) is 33.1 Å². The summed E-state index contributed by atoms with van der Waals surface area (Å²) in [6, 6.07) is 13.8. The van der Waals surface area contributed by atoms with E-state index >= 15 is 0 Å². The molecule has 0 aliphatic carbocycles. The van der Waals surface area contributed by atoms with E-state index in [2.05, 4.69) is 45.9 Å². The molecule has 0 amide bonds. The van der Waals surface area contributed by atoms with Gasteiger partial charge < -0.3 is 5.11 Å². The molecule has 0 bridgehead atoms. The number of phenols is 1. The zero-order chi connectivity index (χ0) is 18.7. The Morgan fingerprint density at radius 3 is 2.58 bits per heavy atom. The lowest BCUT2D eigenvalue weighted by molar-refractivity contribution is 0.475. The van der Waals surface area contributed by atoms with Crippen molar-refractivity contribution in [2.45, 2.75) is 40.5 Å². The molecule has 3 rings (SSSR count). The molecule has 1 atom stereocenters. The minimum absolute atomic E-state index is 0.278. The first kappa shape index (κ1) is 18.2. The molecule has 134 valence electrons. The highest BCUT2D eigenvalue weighted by molar-refractivity contribution is 5.87. The van der Waals surface area contributed by atoms with Gasteiger partial charge in [0.25, 0.3) is 0 Å². The van der Waals surface area contributed by atoms with Crippen LogP contribution in [0.25, 0.3) is 23.1 Å². The van der Waals surface area contributed by atoms with Crippen molar-refractivity contribution in [3.8, 4) is 5.75 Å². The molecule has 0 saturated carbocycles. The number of nitrogens with zero attached hydrogens (tertiary/aromatic N) is 1. The second-order valence-electron chi connectivity index (χ2n) is 7.27. The second kappa shape index (κ2) is 7.74. The van der Waals surface area contributed by atoms with Crippen LogP contribution in [0, 0.1) is 19.8 Å². The molecule has 2 heteroatoms. The van der Waals surface area contributed by atoms with E-state index in [4.69, 9.17) is 4.98 Å². The van der Waals surface area contributed by atoms with Crippen molar-refractivity contribution in [1.29, 1.82) is 0 Å². The molecule has 1 aromatic heterocycles. The SMILES string of the molecule is CC[C@H](C)Cc1c(C)cc(C)c2ccc(/C=C/c3cccc(O)c3)nc12. The zero-order valence-electron chi connectivity index (χ0n) is 16.1. The number of benzene rings is 2. The average molecular weight is 345 g/mol. The van der Waals surface area contributed by atoms with Crippen LogP contribution in [0.5, 0.6) is 5.75 Å². The number of phenolic OH excluding ortho intramolecular Hbond substituents is 1. The maximum Gasteiger partial charge on any atom is 0.116 e. The van der Waals surface area contributed by atoms with Crippen molar-refractivity contribution < 1.29 is 5.11 Å². The lowest BCUT2D eigenvalue weighted by atomic mass is 9.91. The molecular weight excluding hydrogens is 318 g/mol. The summed E-state index contributed by atoms with van der Waals surface area (Å²) in [7, 11) is 0. The smallest absolute Gasteiger partial charge is 0.116 e. The van der Waals surface area contributed by atoms with E-state index in [-0.39, 0.29) is 5.75 Å². The first-order valence-electron chi connectivity index (χ1n) is 9.35. The van der Waals surface area contributed by atoms with Crippen LogP contribution in [0.2, 0.25) is 0 Å². The fraction of sp³-hybridized carbons (Fsp3) is 0.292. The Kier molecular flexibility index (Phi) is 5.41. The van der Waals surface area contributed by atoms with Crippen LogP contribution in [0.15, 0.2) is 42.5 Å². The third-order valence-corrected chi connectivity index (χ3v) is 5.10. The number of aromatic hydroxyl groups is 1. The van der Waals surface area contributed by atoms with Gasteiger partial charge in [0.05, 0.1) is 11.2 Å². The Hall–Kier alpha value is -2.61. The van der Waals surface area contributed by atoms with Gasteiger partial charge in [0.2, 0.25) is 0 Å². The molecule has 1 heterocycles. The van der Waals surface area contributed by atoms with E-state index in [0.29, 0.717) is 5.92 Å². The molecule has 1 N–H and O–H groups in total. The Bertz CT molecular complexity index is 956. The van der Waals surface area contributed by atoms with Crippen molar-refractivity contribution in [2.24, 2.45) is 5.92 Å². The molecule has 2 aromatic carbocycles. The van der Waals surface area contributed by atoms with E-state index < -0.39 is 0 Å². The molecule has 0 saturated heterocycles. The average Bonchev–Trinajstić information content (AvgIpc) is 2.63. The van der Waals surface area contributed by atoms with Crippen LogP contribution in [0.1, 0.15) is 48.2 Å². The Balaban J connectivity index is 2.04. The van der Waals surface area contributed by atoms with E-state index in [1.165, 1.54) is 28.5 Å². The highest BCUT2D eigenvalue weighted by atomic mass is 16.3. The van der Waals surface area contributed by atoms with Gasteiger partial charge in [-0.25, -0.2) is 4.98 Å². The molecule has 0 radical (unpaired) electrons. The van der Waals surface area contributed by atoms with E-state index in [1.807, 2.05) is 24.3 Å². The fourth-order valence-corrected chi connectivity index (χ4v) is 3.35. The summed E-state index contributed by atoms with van der Waals surface area (Å²) in [6.45, 7) is 8.90. The van der Waals surface area contributed by atoms with Gasteiger partial charge in [-0.1, -0.05) is 50.6 Å². The van der Waals surface area contributed by atoms with Crippen LogP contribution in [-0.4, -0.2) is 10.1 Å². The number of rotatable bonds is 5. The van der Waals surface area contributed by atoms with E-state index in [1.54, 1.807) is 12.1 Å². The molecule has 0 aliphatic heterocycles. The summed E-state index contributed by atoms with van der Waals surface area (Å²) in [5.74, 6) is 0.925. The van der Waals surface area contributed by atoms with Crippen LogP contribution in [0.4, 0.5) is 0 Å². The van der Waals surface area contributed by atoms with Crippen molar-refractivity contribution in [2.75, 3.05) is 0 Å². The standard InChI is InChI=1S/C24H27NO/c1-5-16(2)13-23-18(4)14-17(3)22-12-11-20(25-24(22)23)10-9-19-7-6-8-21(26)15-19/h6-12,14-16,26H,5,13H2,1-4H3/b10-9+/t16-/m0/s1. The summed E-state index contributed by atoms with van der Waals surface area (Å²) >= 11 is 0. The van der Waals surface area contributed by atoms with Gasteiger partial charge >= 0.3 is 0 Å². The number of aryl methyl sites for hydroxylation is 2. The highest BCUT2D eigenvalue weighted by Gasteiger charge is 2.12. The second-order valence-corrected chi connectivity index (χ2v) is 7.27. The van der Waals surface area contributed by atoms with E-state index in [9.17, 15) is 5.11 Å². The number of pyridine rings is 1. The predicted octanol–water partition coefficient (Wildman–Crippen LogP) is 6.32. The Morgan fingerprint density at radius 2 is 1.85 bits per heavy atom. The van der Waals surface area contributed by atoms with Crippen LogP contribution in [0.3, 0.4) is 0 Å². The normalized spacial score (nSPS) is 12.8. The van der Waals surface area contributed by atoms with Crippen molar-refractivity contribution in [1.82, 2.24) is 4.98 Å². The maximum absolute atomic E-state index is 9.61. The summed E-state index contributed by atoms with van der Waals surface area (Å²) in [5, 5.41) is 10.8. The first-order valence-corrected chi connectivity index (χ1v) is 9.35. The lowest BCUT2D eigenvalue weighted by Gasteiger charge is -2.16. The largest absolute Gasteiger partial charge is 0.508 e. The lowest BCUT2D eigenvalue weighted by Crippen LogP contribution is -2.03. The molecule has 26 heavy (non-hydrogen) atoms. The van der Waals surface area contributed by atoms with Gasteiger partial charge in [0.15, 0.2) is 0 Å². The molecule has 0 aliphatic rings. The molecule has 0 spiro atoms. The predicted molar refractivity (Wildman–Crippen MR) is 111 cm³/mol. The summed E-state index contributed by atoms with van der Waals surface area (Å²) in [4.78, 5) is 4.97. The maximum atomic E-state index is 9.61. The van der Waals surface area contributed by atoms with E-state index in [0.717, 1.165) is 23.2 Å². The van der Waals surface area contributed by atoms with Crippen LogP contribution < -0.4 is 0 Å². The van der Waals surface area contributed by atoms with Gasteiger partial charge in [-0.3, -0.25) is 0 Å². The third-order valence-electron chi connectivity index (χ3n) is 5.10. The Labute approximate surface area is 156 Å². The van der Waals surface area contributed by atoms with Gasteiger partial charge in [0, 0.05) is 5.39 Å². The minimum atomic E-state index is 0.278. The van der Waals surface area contributed by atoms with Gasteiger partial charge in [-0.2, -0.15) is 0 Å². The first-order chi connectivity index (χ1) is 12.5. The number of hydrogen-bond donors (Lipinski definition) is 1. The quantitative estimate of drug-likeness (QED) is 0.587. The third kappa shape index (κ3) is 3.96. The fourth-order valence-electron chi connectivity index (χ4n) is 3.35. The number of aromatic nitrogens is 1. The van der Waals surface area contributed by atoms with Gasteiger partial charge in [0.1, 0.15) is 5.75 Å². The van der Waals surface area contributed by atoms with Gasteiger partial charge in [-0.05, 0) is 72.7 Å². The summed E-state index contributed by atoms with van der Waals surface area (Å²) < 4.78 is 0. The van der Waals surface area contributed by atoms with Crippen molar-refractivity contribution in [3.05, 3.63) is 70.4 Å². The summed E-state index contributed by atoms with van der Waals surface area (Å²) in [6.07, 6.45) is 6.24. The Morgan fingerprint density at radius 1 is 1.04 bits per heavy atom. The van der Waals surface area contributed by atoms with Crippen molar-refractivity contribution >= 4 is 23.1 Å².